The maximum absolute atomic E-state index is 13.5. The van der Waals surface area contributed by atoms with E-state index in [1.165, 1.54) is 6.07 Å². The zero-order chi connectivity index (χ0) is 14.8. The predicted molar refractivity (Wildman–Crippen MR) is 86.2 cm³/mol. The number of hydrogen-bond donors (Lipinski definition) is 1. The van der Waals surface area contributed by atoms with Gasteiger partial charge >= 0.3 is 0 Å². The van der Waals surface area contributed by atoms with Crippen LogP contribution in [0, 0.1) is 17.1 Å². The average Bonchev–Trinajstić information content (AvgIpc) is 2.47. The van der Waals surface area contributed by atoms with Gasteiger partial charge in [0.05, 0.1) is 5.56 Å². The molecule has 0 unspecified atom stereocenters. The average molecular weight is 269 g/mol. The molecule has 0 aromatic heterocycles. The van der Waals surface area contributed by atoms with Crippen LogP contribution in [0.3, 0.4) is 0 Å². The Morgan fingerprint density at radius 1 is 1.35 bits per heavy atom. The van der Waals surface area contributed by atoms with Gasteiger partial charge in [-0.2, -0.15) is 5.26 Å². The Morgan fingerprint density at radius 2 is 2.00 bits per heavy atom. The van der Waals surface area contributed by atoms with E-state index >= 15 is 0 Å². The van der Waals surface area contributed by atoms with Crippen LogP contribution in [-0.2, 0) is 5.34 Å². The smallest absolute Gasteiger partial charge is 0.182 e. The molecule has 1 saturated heterocycles. The summed E-state index contributed by atoms with van der Waals surface area (Å²) in [4.78, 5) is 2.41. The van der Waals surface area contributed by atoms with E-state index in [2.05, 4.69) is 25.8 Å². The van der Waals surface area contributed by atoms with E-state index in [1.54, 1.807) is 12.1 Å². The van der Waals surface area contributed by atoms with Gasteiger partial charge in [-0.15, -0.1) is 0 Å². The molecule has 1 heterocycles. The minimum absolute atomic E-state index is 0.126. The Balaban J connectivity index is 2.20. The van der Waals surface area contributed by atoms with E-state index in [1.807, 2.05) is 14.1 Å². The highest BCUT2D eigenvalue weighted by Gasteiger charge is 2.31. The molecule has 1 N–H and O–H groups in total. The molecule has 102 valence electrons. The quantitative estimate of drug-likeness (QED) is 0.691. The standard InChI is InChI=1S/C13H19B3FN3/c14-13(15,20-5-3-11(19-16)4-6-20)10-1-2-12(17)9(7-10)8-18/h1-2,7,11,19H,3-6,14-16H2. The Morgan fingerprint density at radius 3 is 2.55 bits per heavy atom. The zero-order valence-corrected chi connectivity index (χ0v) is 12.4. The lowest BCUT2D eigenvalue weighted by atomic mass is 9.56. The van der Waals surface area contributed by atoms with E-state index in [9.17, 15) is 4.39 Å². The summed E-state index contributed by atoms with van der Waals surface area (Å²) in [5, 5.41) is 12.1. The molecule has 1 aliphatic heterocycles. The molecular formula is C13H19B3FN3. The summed E-state index contributed by atoms with van der Waals surface area (Å²) in [5.41, 5.74) is 1.12. The second kappa shape index (κ2) is 6.03. The highest BCUT2D eigenvalue weighted by molar-refractivity contribution is 6.39. The van der Waals surface area contributed by atoms with Gasteiger partial charge in [-0.1, -0.05) is 6.07 Å². The number of benzene rings is 1. The summed E-state index contributed by atoms with van der Waals surface area (Å²) < 4.78 is 13.5. The first kappa shape index (κ1) is 15.1. The molecule has 7 heteroatoms. The van der Waals surface area contributed by atoms with Crippen molar-refractivity contribution >= 4 is 23.7 Å². The SMILES string of the molecule is BNC1CCN(C(B)(B)c2ccc(F)c(C#N)c2)CC1. The summed E-state index contributed by atoms with van der Waals surface area (Å²) in [6.45, 7) is 2.02. The van der Waals surface area contributed by atoms with Crippen molar-refractivity contribution in [3.05, 3.63) is 35.1 Å². The topological polar surface area (TPSA) is 39.1 Å². The largest absolute Gasteiger partial charge is 0.359 e. The highest BCUT2D eigenvalue weighted by atomic mass is 19.1. The summed E-state index contributed by atoms with van der Waals surface area (Å²) >= 11 is 0. The second-order valence-corrected chi connectivity index (χ2v) is 5.92. The van der Waals surface area contributed by atoms with Crippen molar-refractivity contribution in [2.45, 2.75) is 24.2 Å². The summed E-state index contributed by atoms with van der Waals surface area (Å²) in [6, 6.07) is 7.38. The summed E-state index contributed by atoms with van der Waals surface area (Å²) in [7, 11) is 6.28. The van der Waals surface area contributed by atoms with Crippen LogP contribution in [-0.4, -0.2) is 47.7 Å². The van der Waals surface area contributed by atoms with Crippen molar-refractivity contribution in [2.75, 3.05) is 13.1 Å². The number of nitriles is 1. The van der Waals surface area contributed by atoms with Gasteiger partial charge in [0.1, 0.15) is 27.6 Å². The maximum atomic E-state index is 13.5. The van der Waals surface area contributed by atoms with Crippen LogP contribution in [0.4, 0.5) is 4.39 Å². The van der Waals surface area contributed by atoms with Gasteiger partial charge in [0.2, 0.25) is 0 Å². The molecule has 0 bridgehead atoms. The normalized spacial score (nSPS) is 17.8. The lowest BCUT2D eigenvalue weighted by Crippen LogP contribution is -2.53. The molecule has 3 nitrogen and oxygen atoms in total. The summed E-state index contributed by atoms with van der Waals surface area (Å²) in [5.74, 6) is -0.444. The first-order valence-corrected chi connectivity index (χ1v) is 7.11. The number of nitrogens with one attached hydrogen (secondary N) is 1. The van der Waals surface area contributed by atoms with Crippen molar-refractivity contribution in [3.63, 3.8) is 0 Å². The lowest BCUT2D eigenvalue weighted by Gasteiger charge is -2.44. The predicted octanol–water partition coefficient (Wildman–Crippen LogP) is -1.32. The van der Waals surface area contributed by atoms with Crippen LogP contribution in [0.5, 0.6) is 0 Å². The number of hydrogen-bond acceptors (Lipinski definition) is 3. The number of halogens is 1. The molecule has 0 amide bonds. The van der Waals surface area contributed by atoms with Crippen LogP contribution < -0.4 is 5.23 Å². The number of nitrogens with zero attached hydrogens (tertiary/aromatic N) is 2. The van der Waals surface area contributed by atoms with Crippen molar-refractivity contribution in [2.24, 2.45) is 0 Å². The molecule has 2 rings (SSSR count). The molecule has 0 spiro atoms. The maximum Gasteiger partial charge on any atom is 0.182 e. The van der Waals surface area contributed by atoms with Gasteiger partial charge < -0.3 is 10.1 Å². The number of likely N-dealkylation sites (tertiary alicyclic amines) is 1. The van der Waals surface area contributed by atoms with Gasteiger partial charge in [0.15, 0.2) is 7.98 Å². The molecule has 1 aromatic carbocycles. The molecular weight excluding hydrogens is 250 g/mol. The van der Waals surface area contributed by atoms with Gasteiger partial charge in [0, 0.05) is 0 Å². The molecule has 1 aliphatic rings. The van der Waals surface area contributed by atoms with Crippen LogP contribution in [0.25, 0.3) is 0 Å². The van der Waals surface area contributed by atoms with E-state index in [-0.39, 0.29) is 10.9 Å². The van der Waals surface area contributed by atoms with Crippen LogP contribution >= 0.6 is 0 Å². The zero-order valence-electron chi connectivity index (χ0n) is 12.4. The first-order valence-electron chi connectivity index (χ1n) is 7.11. The molecule has 0 saturated carbocycles. The van der Waals surface area contributed by atoms with Crippen LogP contribution in [0.15, 0.2) is 18.2 Å². The summed E-state index contributed by atoms with van der Waals surface area (Å²) in [6.07, 6.45) is 2.23. The minimum atomic E-state index is -0.444. The Hall–Kier alpha value is -1.25. The third kappa shape index (κ3) is 2.92. The van der Waals surface area contributed by atoms with Crippen molar-refractivity contribution in [3.8, 4) is 6.07 Å². The van der Waals surface area contributed by atoms with E-state index in [0.29, 0.717) is 6.04 Å². The fraction of sp³-hybridized carbons (Fsp3) is 0.462. The molecule has 20 heavy (non-hydrogen) atoms. The Bertz CT molecular complexity index is 522. The molecule has 1 aromatic rings. The molecule has 0 aliphatic carbocycles. The minimum Gasteiger partial charge on any atom is -0.359 e. The number of piperidine rings is 1. The molecule has 0 atom stereocenters. The number of rotatable bonds is 3. The van der Waals surface area contributed by atoms with Crippen LogP contribution in [0.2, 0.25) is 0 Å². The van der Waals surface area contributed by atoms with Crippen LogP contribution in [0.1, 0.15) is 24.0 Å². The van der Waals surface area contributed by atoms with Crippen molar-refractivity contribution in [1.82, 2.24) is 10.1 Å². The van der Waals surface area contributed by atoms with E-state index in [4.69, 9.17) is 5.26 Å². The molecule has 1 fully saturated rings. The fourth-order valence-electron chi connectivity index (χ4n) is 2.90. The van der Waals surface area contributed by atoms with Crippen molar-refractivity contribution < 1.29 is 4.39 Å². The van der Waals surface area contributed by atoms with Crippen molar-refractivity contribution in [1.29, 1.82) is 5.26 Å². The van der Waals surface area contributed by atoms with Gasteiger partial charge in [-0.3, -0.25) is 0 Å². The lowest BCUT2D eigenvalue weighted by molar-refractivity contribution is 0.168. The van der Waals surface area contributed by atoms with E-state index in [0.717, 1.165) is 31.5 Å². The Kier molecular flexibility index (Phi) is 4.57. The Labute approximate surface area is 122 Å². The third-order valence-corrected chi connectivity index (χ3v) is 4.49. The van der Waals surface area contributed by atoms with Gasteiger partial charge in [-0.05, 0) is 55.0 Å². The van der Waals surface area contributed by atoms with Gasteiger partial charge in [0.25, 0.3) is 0 Å². The fourth-order valence-corrected chi connectivity index (χ4v) is 2.90. The van der Waals surface area contributed by atoms with Gasteiger partial charge in [-0.25, -0.2) is 4.39 Å². The second-order valence-electron chi connectivity index (χ2n) is 5.92. The third-order valence-electron chi connectivity index (χ3n) is 4.49. The van der Waals surface area contributed by atoms with E-state index < -0.39 is 5.82 Å². The highest BCUT2D eigenvalue weighted by Crippen LogP contribution is 2.27. The monoisotopic (exact) mass is 269 g/mol. The first-order chi connectivity index (χ1) is 9.48. The molecule has 0 radical (unpaired) electrons.